The first-order chi connectivity index (χ1) is 8.99. The number of hydrogen-bond acceptors (Lipinski definition) is 2. The summed E-state index contributed by atoms with van der Waals surface area (Å²) in [5.41, 5.74) is -0.0181. The largest absolute Gasteiger partial charge is 0.444 e. The monoisotopic (exact) mass is 302 g/mol. The van der Waals surface area contributed by atoms with E-state index in [9.17, 15) is 4.79 Å². The van der Waals surface area contributed by atoms with Crippen LogP contribution in [0.1, 0.15) is 30.4 Å². The molecule has 4 heteroatoms. The SMILES string of the molecule is [2H]C([2H])([2H])N(Cc1ccc(Br)cc1)C(=O)OC(C)(C)C. The standard InChI is InChI=1S/C13H18BrNO2/c1-13(2,3)17-12(16)15(4)9-10-5-7-11(14)8-6-10/h5-8H,9H2,1-4H3/i4D3. The predicted molar refractivity (Wildman–Crippen MR) is 71.8 cm³/mol. The number of halogens is 1. The molecule has 0 fully saturated rings. The van der Waals surface area contributed by atoms with Crippen molar-refractivity contribution in [2.75, 3.05) is 6.98 Å². The minimum absolute atomic E-state index is 0.0291. The van der Waals surface area contributed by atoms with Crippen molar-refractivity contribution >= 4 is 22.0 Å². The van der Waals surface area contributed by atoms with Gasteiger partial charge in [0.2, 0.25) is 0 Å². The number of amides is 1. The molecule has 0 radical (unpaired) electrons. The molecule has 0 spiro atoms. The van der Waals surface area contributed by atoms with Crippen LogP contribution in [0.15, 0.2) is 28.7 Å². The van der Waals surface area contributed by atoms with E-state index in [4.69, 9.17) is 8.85 Å². The van der Waals surface area contributed by atoms with E-state index in [2.05, 4.69) is 15.9 Å². The first-order valence-electron chi connectivity index (χ1n) is 6.74. The molecule has 1 amide bonds. The van der Waals surface area contributed by atoms with Crippen LogP contribution in [0.25, 0.3) is 0 Å². The summed E-state index contributed by atoms with van der Waals surface area (Å²) in [5, 5.41) is 0. The Morgan fingerprint density at radius 2 is 2.00 bits per heavy atom. The third kappa shape index (κ3) is 5.22. The van der Waals surface area contributed by atoms with E-state index >= 15 is 0 Å². The molecule has 1 aromatic rings. The first-order valence-corrected chi connectivity index (χ1v) is 6.03. The summed E-state index contributed by atoms with van der Waals surface area (Å²) in [6, 6.07) is 7.10. The average Bonchev–Trinajstić information content (AvgIpc) is 2.24. The summed E-state index contributed by atoms with van der Waals surface area (Å²) in [6.07, 6.45) is -0.847. The lowest BCUT2D eigenvalue weighted by atomic mass is 10.2. The van der Waals surface area contributed by atoms with Gasteiger partial charge in [-0.3, -0.25) is 0 Å². The normalized spacial score (nSPS) is 14.5. The van der Waals surface area contributed by atoms with Gasteiger partial charge in [-0.1, -0.05) is 28.1 Å². The maximum absolute atomic E-state index is 12.0. The molecule has 0 saturated heterocycles. The van der Waals surface area contributed by atoms with Crippen molar-refractivity contribution in [1.29, 1.82) is 0 Å². The number of ether oxygens (including phenoxy) is 1. The molecular formula is C13H18BrNO2. The quantitative estimate of drug-likeness (QED) is 0.831. The molecule has 0 aromatic heterocycles. The number of carbonyl (C=O) groups excluding carboxylic acids is 1. The van der Waals surface area contributed by atoms with Gasteiger partial charge in [0.25, 0.3) is 0 Å². The summed E-state index contributed by atoms with van der Waals surface area (Å²) >= 11 is 3.30. The van der Waals surface area contributed by atoms with E-state index in [1.807, 2.05) is 0 Å². The highest BCUT2D eigenvalue weighted by molar-refractivity contribution is 9.10. The Balaban J connectivity index is 2.91. The summed E-state index contributed by atoms with van der Waals surface area (Å²) in [6.45, 7) is 2.51. The van der Waals surface area contributed by atoms with Gasteiger partial charge < -0.3 is 9.64 Å². The molecule has 1 rings (SSSR count). The van der Waals surface area contributed by atoms with E-state index in [1.54, 1.807) is 45.0 Å². The smallest absolute Gasteiger partial charge is 0.410 e. The summed E-state index contributed by atoms with van der Waals surface area (Å²) < 4.78 is 28.4. The Morgan fingerprint density at radius 3 is 2.47 bits per heavy atom. The lowest BCUT2D eigenvalue weighted by Crippen LogP contribution is -2.33. The molecule has 0 bridgehead atoms. The van der Waals surface area contributed by atoms with Gasteiger partial charge in [-0.15, -0.1) is 0 Å². The van der Waals surface area contributed by atoms with Crippen molar-refractivity contribution in [3.05, 3.63) is 34.3 Å². The molecule has 0 aliphatic carbocycles. The summed E-state index contributed by atoms with van der Waals surface area (Å²) in [4.78, 5) is 12.8. The maximum Gasteiger partial charge on any atom is 0.410 e. The second kappa shape index (κ2) is 5.54. The highest BCUT2D eigenvalue weighted by Crippen LogP contribution is 2.14. The fourth-order valence-electron chi connectivity index (χ4n) is 1.15. The zero-order valence-corrected chi connectivity index (χ0v) is 11.7. The van der Waals surface area contributed by atoms with Crippen molar-refractivity contribution in [3.8, 4) is 0 Å². The van der Waals surface area contributed by atoms with Crippen LogP contribution in [0.3, 0.4) is 0 Å². The molecule has 0 heterocycles. The number of carbonyl (C=O) groups is 1. The fraction of sp³-hybridized carbons (Fsp3) is 0.462. The highest BCUT2D eigenvalue weighted by atomic mass is 79.9. The van der Waals surface area contributed by atoms with Crippen molar-refractivity contribution in [2.45, 2.75) is 32.9 Å². The maximum atomic E-state index is 12.0. The molecule has 0 aliphatic rings. The van der Waals surface area contributed by atoms with Gasteiger partial charge in [-0.25, -0.2) is 4.79 Å². The van der Waals surface area contributed by atoms with Crippen molar-refractivity contribution < 1.29 is 13.6 Å². The first kappa shape index (κ1) is 9.95. The Labute approximate surface area is 115 Å². The van der Waals surface area contributed by atoms with Crippen LogP contribution < -0.4 is 0 Å². The van der Waals surface area contributed by atoms with Gasteiger partial charge in [-0.2, -0.15) is 0 Å². The predicted octanol–water partition coefficient (Wildman–Crippen LogP) is 3.82. The second-order valence-corrected chi connectivity index (χ2v) is 5.61. The van der Waals surface area contributed by atoms with Gasteiger partial charge in [0, 0.05) is 22.1 Å². The Kier molecular flexibility index (Phi) is 3.24. The molecule has 0 saturated carbocycles. The van der Waals surface area contributed by atoms with Gasteiger partial charge in [-0.05, 0) is 38.5 Å². The van der Waals surface area contributed by atoms with E-state index in [-0.39, 0.29) is 6.54 Å². The Hall–Kier alpha value is -1.03. The van der Waals surface area contributed by atoms with Gasteiger partial charge >= 0.3 is 6.09 Å². The molecule has 94 valence electrons. The van der Waals surface area contributed by atoms with Crippen LogP contribution in [0, 0.1) is 0 Å². The van der Waals surface area contributed by atoms with Crippen molar-refractivity contribution in [2.24, 2.45) is 0 Å². The van der Waals surface area contributed by atoms with Gasteiger partial charge in [0.1, 0.15) is 5.60 Å². The van der Waals surface area contributed by atoms with Crippen LogP contribution >= 0.6 is 15.9 Å². The molecule has 3 nitrogen and oxygen atoms in total. The topological polar surface area (TPSA) is 29.5 Å². The third-order valence-electron chi connectivity index (χ3n) is 1.87. The van der Waals surface area contributed by atoms with Crippen molar-refractivity contribution in [3.63, 3.8) is 0 Å². The van der Waals surface area contributed by atoms with E-state index in [0.29, 0.717) is 0 Å². The minimum Gasteiger partial charge on any atom is -0.444 e. The van der Waals surface area contributed by atoms with Crippen LogP contribution in [-0.2, 0) is 11.3 Å². The highest BCUT2D eigenvalue weighted by Gasteiger charge is 2.19. The third-order valence-corrected chi connectivity index (χ3v) is 2.40. The number of benzene rings is 1. The Morgan fingerprint density at radius 1 is 1.41 bits per heavy atom. The molecule has 0 atom stereocenters. The molecule has 17 heavy (non-hydrogen) atoms. The number of hydrogen-bond donors (Lipinski definition) is 0. The van der Waals surface area contributed by atoms with Crippen LogP contribution in [0.4, 0.5) is 4.79 Å². The molecule has 1 aromatic carbocycles. The Bertz CT molecular complexity index is 466. The zero-order valence-electron chi connectivity index (χ0n) is 13.2. The summed E-state index contributed by atoms with van der Waals surface area (Å²) in [7, 11) is 0. The van der Waals surface area contributed by atoms with E-state index < -0.39 is 18.7 Å². The number of nitrogens with zero attached hydrogens (tertiary/aromatic N) is 1. The van der Waals surface area contributed by atoms with Gasteiger partial charge in [0.15, 0.2) is 0 Å². The van der Waals surface area contributed by atoms with Gasteiger partial charge in [0.05, 0.1) is 0 Å². The lowest BCUT2D eigenvalue weighted by Gasteiger charge is -2.24. The van der Waals surface area contributed by atoms with Crippen LogP contribution in [0.5, 0.6) is 0 Å². The van der Waals surface area contributed by atoms with E-state index in [0.717, 1.165) is 14.9 Å². The minimum atomic E-state index is -2.55. The zero-order chi connectivity index (χ0) is 15.6. The van der Waals surface area contributed by atoms with E-state index in [1.165, 1.54) is 0 Å². The van der Waals surface area contributed by atoms with Crippen LogP contribution in [-0.4, -0.2) is 23.6 Å². The van der Waals surface area contributed by atoms with Crippen LogP contribution in [0.2, 0.25) is 0 Å². The summed E-state index contributed by atoms with van der Waals surface area (Å²) in [5.74, 6) is 0. The lowest BCUT2D eigenvalue weighted by molar-refractivity contribution is 0.0285. The average molecular weight is 303 g/mol. The molecule has 0 aliphatic heterocycles. The molecule has 0 N–H and O–H groups in total. The molecule has 0 unspecified atom stereocenters. The second-order valence-electron chi connectivity index (χ2n) is 4.69. The van der Waals surface area contributed by atoms with Crippen molar-refractivity contribution in [1.82, 2.24) is 4.90 Å². The number of rotatable bonds is 2. The fourth-order valence-corrected chi connectivity index (χ4v) is 1.42. The molecular weight excluding hydrogens is 282 g/mol.